The number of hydrogen-bond acceptors (Lipinski definition) is 5. The van der Waals surface area contributed by atoms with Crippen LogP contribution in [0.2, 0.25) is 0 Å². The maximum absolute atomic E-state index is 12.9. The summed E-state index contributed by atoms with van der Waals surface area (Å²) in [5.41, 5.74) is 1.18. The lowest BCUT2D eigenvalue weighted by molar-refractivity contribution is -0.210. The molecular weight excluding hydrogens is 406 g/mol. The van der Waals surface area contributed by atoms with E-state index in [0.717, 1.165) is 36.8 Å². The Morgan fingerprint density at radius 2 is 1.94 bits per heavy atom. The third-order valence-electron chi connectivity index (χ3n) is 9.58. The maximum Gasteiger partial charge on any atom is 0.255 e. The number of Topliss-reactive ketones (excluding diaryl/α,β-unsaturated/α-hetero) is 1. The van der Waals surface area contributed by atoms with Crippen molar-refractivity contribution < 1.29 is 24.5 Å². The summed E-state index contributed by atoms with van der Waals surface area (Å²) in [5.74, 6) is 1.06. The van der Waals surface area contributed by atoms with Gasteiger partial charge in [-0.15, -0.1) is 0 Å². The van der Waals surface area contributed by atoms with Crippen LogP contribution in [0.3, 0.4) is 0 Å². The number of ketones is 1. The predicted octanol–water partition coefficient (Wildman–Crippen LogP) is 3.84. The monoisotopic (exact) mass is 441 g/mol. The van der Waals surface area contributed by atoms with E-state index in [-0.39, 0.29) is 46.8 Å². The lowest BCUT2D eigenvalue weighted by atomic mass is 9.43. The molecule has 2 N–H and O–H groups in total. The molecule has 0 aromatic heterocycles. The number of aromatic hydroxyl groups is 1. The van der Waals surface area contributed by atoms with Crippen molar-refractivity contribution in [2.75, 3.05) is 6.54 Å². The van der Waals surface area contributed by atoms with Gasteiger partial charge >= 0.3 is 0 Å². The van der Waals surface area contributed by atoms with E-state index in [9.17, 15) is 19.8 Å². The van der Waals surface area contributed by atoms with Gasteiger partial charge in [0, 0.05) is 23.0 Å². The van der Waals surface area contributed by atoms with Crippen molar-refractivity contribution in [3.05, 3.63) is 22.8 Å². The number of phenols is 1. The smallest absolute Gasteiger partial charge is 0.255 e. The van der Waals surface area contributed by atoms with Crippen LogP contribution < -0.4 is 4.74 Å². The predicted molar refractivity (Wildman–Crippen MR) is 120 cm³/mol. The summed E-state index contributed by atoms with van der Waals surface area (Å²) in [7, 11) is 0. The van der Waals surface area contributed by atoms with Gasteiger partial charge in [0.05, 0.1) is 24.8 Å². The third-order valence-corrected chi connectivity index (χ3v) is 9.58. The highest BCUT2D eigenvalue weighted by molar-refractivity contribution is 6.01. The zero-order chi connectivity index (χ0) is 23.2. The number of hydrogen-bond donors (Lipinski definition) is 2. The Morgan fingerprint density at radius 3 is 2.62 bits per heavy atom. The van der Waals surface area contributed by atoms with Crippen molar-refractivity contribution in [1.29, 1.82) is 0 Å². The molecule has 1 aromatic carbocycles. The maximum atomic E-state index is 12.9. The fourth-order valence-electron chi connectivity index (χ4n) is 7.72. The second-order valence-electron chi connectivity index (χ2n) is 11.6. The van der Waals surface area contributed by atoms with E-state index in [1.807, 2.05) is 0 Å². The first-order chi connectivity index (χ1) is 14.9. The minimum absolute atomic E-state index is 0.0659. The number of ether oxygens (including phenoxy) is 1. The molecule has 2 fully saturated rings. The van der Waals surface area contributed by atoms with Crippen molar-refractivity contribution in [1.82, 2.24) is 4.90 Å². The standard InChI is InChI=1S/C26H35NO5/c1-14-6-7-20-24(3,4)21(30)8-9-25(20,5)26(14)11-17-19(29)10-16-18(22(17)32-26)13-27(23(16)31)12-15(2)28/h10,14,20-21,29-30H,6-9,11-13H2,1-5H3/t14-,20+,21-,25+,26-/m1/s1. The van der Waals surface area contributed by atoms with Crippen LogP contribution in [0.1, 0.15) is 81.8 Å². The van der Waals surface area contributed by atoms with Gasteiger partial charge < -0.3 is 19.8 Å². The van der Waals surface area contributed by atoms with Crippen LogP contribution >= 0.6 is 0 Å². The molecule has 174 valence electrons. The molecular formula is C26H35NO5. The van der Waals surface area contributed by atoms with Crippen molar-refractivity contribution in [3.8, 4) is 11.5 Å². The Bertz CT molecular complexity index is 1020. The molecule has 32 heavy (non-hydrogen) atoms. The summed E-state index contributed by atoms with van der Waals surface area (Å²) in [6.07, 6.45) is 3.95. The van der Waals surface area contributed by atoms with Gasteiger partial charge in [-0.25, -0.2) is 0 Å². The van der Waals surface area contributed by atoms with E-state index in [4.69, 9.17) is 4.74 Å². The molecule has 5 atom stereocenters. The summed E-state index contributed by atoms with van der Waals surface area (Å²) in [4.78, 5) is 26.1. The minimum atomic E-state index is -0.487. The molecule has 0 saturated heterocycles. The molecule has 6 nitrogen and oxygen atoms in total. The van der Waals surface area contributed by atoms with Crippen LogP contribution in [0.25, 0.3) is 0 Å². The molecule has 1 aromatic rings. The van der Waals surface area contributed by atoms with Crippen molar-refractivity contribution in [2.45, 2.75) is 85.0 Å². The number of carbonyl (C=O) groups excluding carboxylic acids is 2. The van der Waals surface area contributed by atoms with Gasteiger partial charge in [-0.1, -0.05) is 27.7 Å². The van der Waals surface area contributed by atoms with E-state index in [1.54, 1.807) is 6.07 Å². The molecule has 6 heteroatoms. The second kappa shape index (κ2) is 6.72. The number of fused-ring (bicyclic) bond motifs is 5. The Hall–Kier alpha value is -2.08. The number of aliphatic hydroxyl groups is 1. The van der Waals surface area contributed by atoms with E-state index in [0.29, 0.717) is 30.2 Å². The zero-order valence-corrected chi connectivity index (χ0v) is 19.8. The number of aliphatic hydroxyl groups excluding tert-OH is 1. The first-order valence-electron chi connectivity index (χ1n) is 12.0. The summed E-state index contributed by atoms with van der Waals surface area (Å²) in [6, 6.07) is 1.57. The molecule has 2 saturated carbocycles. The zero-order valence-electron chi connectivity index (χ0n) is 19.8. The van der Waals surface area contributed by atoms with Gasteiger partial charge in [0.1, 0.15) is 22.9 Å². The van der Waals surface area contributed by atoms with E-state index in [2.05, 4.69) is 27.7 Å². The molecule has 1 amide bonds. The molecule has 4 aliphatic rings. The van der Waals surface area contributed by atoms with Crippen LogP contribution in [-0.4, -0.2) is 45.1 Å². The second-order valence-corrected chi connectivity index (χ2v) is 11.6. The Labute approximate surface area is 189 Å². The summed E-state index contributed by atoms with van der Waals surface area (Å²) in [5, 5.41) is 21.8. The molecule has 2 aliphatic carbocycles. The quantitative estimate of drug-likeness (QED) is 0.728. The van der Waals surface area contributed by atoms with Gasteiger partial charge in [0.25, 0.3) is 5.91 Å². The molecule has 0 unspecified atom stereocenters. The largest absolute Gasteiger partial charge is 0.508 e. The highest BCUT2D eigenvalue weighted by Crippen LogP contribution is 2.67. The van der Waals surface area contributed by atoms with Gasteiger partial charge in [-0.2, -0.15) is 0 Å². The highest BCUT2D eigenvalue weighted by atomic mass is 16.5. The summed E-state index contributed by atoms with van der Waals surface area (Å²) < 4.78 is 6.97. The SMILES string of the molecule is CC(=O)CN1Cc2c(cc(O)c3c2O[C@]2(C3)[C@H](C)CC[C@H]3C(C)(C)[C@H](O)CC[C@@]32C)C1=O. The first-order valence-corrected chi connectivity index (χ1v) is 12.0. The lowest BCUT2D eigenvalue weighted by Gasteiger charge is -2.64. The fourth-order valence-corrected chi connectivity index (χ4v) is 7.72. The number of benzene rings is 1. The van der Waals surface area contributed by atoms with Gasteiger partial charge in [0.15, 0.2) is 0 Å². The normalized spacial score (nSPS) is 37.1. The van der Waals surface area contributed by atoms with Crippen molar-refractivity contribution in [3.63, 3.8) is 0 Å². The van der Waals surface area contributed by atoms with Crippen LogP contribution in [0.15, 0.2) is 6.07 Å². The van der Waals surface area contributed by atoms with Crippen LogP contribution in [0.4, 0.5) is 0 Å². The number of phenolic OH excluding ortho intramolecular Hbond substituents is 1. The van der Waals surface area contributed by atoms with Crippen LogP contribution in [-0.2, 0) is 17.8 Å². The Kier molecular flexibility index (Phi) is 4.57. The first kappa shape index (κ1) is 21.7. The average Bonchev–Trinajstić information content (AvgIpc) is 3.25. The highest BCUT2D eigenvalue weighted by Gasteiger charge is 2.67. The van der Waals surface area contributed by atoms with Gasteiger partial charge in [-0.3, -0.25) is 9.59 Å². The number of amides is 1. The van der Waals surface area contributed by atoms with E-state index >= 15 is 0 Å². The van der Waals surface area contributed by atoms with Gasteiger partial charge in [0.2, 0.25) is 0 Å². The lowest BCUT2D eigenvalue weighted by Crippen LogP contribution is -2.66. The molecule has 2 aliphatic heterocycles. The van der Waals surface area contributed by atoms with Crippen molar-refractivity contribution >= 4 is 11.7 Å². The average molecular weight is 442 g/mol. The molecule has 0 bridgehead atoms. The van der Waals surface area contributed by atoms with Crippen LogP contribution in [0.5, 0.6) is 11.5 Å². The van der Waals surface area contributed by atoms with Gasteiger partial charge in [-0.05, 0) is 55.9 Å². The number of rotatable bonds is 2. The number of carbonyl (C=O) groups is 2. The minimum Gasteiger partial charge on any atom is -0.508 e. The molecule has 1 spiro atoms. The molecule has 0 radical (unpaired) electrons. The Morgan fingerprint density at radius 1 is 1.22 bits per heavy atom. The van der Waals surface area contributed by atoms with E-state index < -0.39 is 5.60 Å². The number of nitrogens with zero attached hydrogens (tertiary/aromatic N) is 1. The fraction of sp³-hybridized carbons (Fsp3) is 0.692. The third kappa shape index (κ3) is 2.62. The van der Waals surface area contributed by atoms with Crippen molar-refractivity contribution in [2.24, 2.45) is 22.7 Å². The topological polar surface area (TPSA) is 87.1 Å². The summed E-state index contributed by atoms with van der Waals surface area (Å²) in [6.45, 7) is 10.8. The molecule has 2 heterocycles. The molecule has 5 rings (SSSR count). The van der Waals surface area contributed by atoms with Crippen LogP contribution in [0, 0.1) is 22.7 Å². The Balaban J connectivity index is 1.60. The summed E-state index contributed by atoms with van der Waals surface area (Å²) >= 11 is 0. The van der Waals surface area contributed by atoms with E-state index in [1.165, 1.54) is 11.8 Å².